The topological polar surface area (TPSA) is 123 Å². The standard InChI is InChI=1S/C27H31N5O4/c1-32(2)9-10-35-24-13-17(20-14-29-30-15-20)5-7-22(24)31-27(34)21-12-19-11-18(26(28)33)6-8-23(19)36-25(21)16-3-4-16/h5-8,11,13-16,21,25H,3-4,9-10,12H2,1-2H3,(H2,28,33)(H,29,30)(H,31,34). The van der Waals surface area contributed by atoms with Crippen LogP contribution < -0.4 is 20.5 Å². The highest BCUT2D eigenvalue weighted by Crippen LogP contribution is 2.44. The summed E-state index contributed by atoms with van der Waals surface area (Å²) in [6.45, 7) is 1.22. The number of primary amides is 1. The lowest BCUT2D eigenvalue weighted by atomic mass is 9.86. The molecule has 1 fully saturated rings. The van der Waals surface area contributed by atoms with Gasteiger partial charge in [-0.2, -0.15) is 5.10 Å². The van der Waals surface area contributed by atoms with Gasteiger partial charge in [0.05, 0.1) is 17.8 Å². The lowest BCUT2D eigenvalue weighted by molar-refractivity contribution is -0.123. The molecule has 9 heteroatoms. The summed E-state index contributed by atoms with van der Waals surface area (Å²) in [6, 6.07) is 10.9. The van der Waals surface area contributed by atoms with E-state index in [1.165, 1.54) is 0 Å². The number of amides is 2. The average Bonchev–Trinajstić information content (AvgIpc) is 3.56. The van der Waals surface area contributed by atoms with Crippen molar-refractivity contribution >= 4 is 17.5 Å². The Labute approximate surface area is 210 Å². The molecule has 4 N–H and O–H groups in total. The van der Waals surface area contributed by atoms with E-state index in [4.69, 9.17) is 15.2 Å². The van der Waals surface area contributed by atoms with Gasteiger partial charge in [0.2, 0.25) is 11.8 Å². The second-order valence-electron chi connectivity index (χ2n) is 9.76. The molecule has 2 aliphatic rings. The molecule has 2 unspecified atom stereocenters. The number of aromatic nitrogens is 2. The summed E-state index contributed by atoms with van der Waals surface area (Å²) in [5.74, 6) is 0.648. The molecule has 2 amide bonds. The minimum Gasteiger partial charge on any atom is -0.490 e. The third kappa shape index (κ3) is 5.21. The lowest BCUT2D eigenvalue weighted by Gasteiger charge is -2.33. The summed E-state index contributed by atoms with van der Waals surface area (Å²) in [6.07, 6.45) is 5.92. The van der Waals surface area contributed by atoms with Crippen LogP contribution in [-0.4, -0.2) is 60.3 Å². The van der Waals surface area contributed by atoms with Gasteiger partial charge < -0.3 is 25.4 Å². The summed E-state index contributed by atoms with van der Waals surface area (Å²) in [5, 5.41) is 9.95. The van der Waals surface area contributed by atoms with Crippen molar-refractivity contribution in [3.05, 3.63) is 59.9 Å². The van der Waals surface area contributed by atoms with Crippen LogP contribution in [0.3, 0.4) is 0 Å². The Morgan fingerprint density at radius 2 is 2.03 bits per heavy atom. The Hall–Kier alpha value is -3.85. The number of carbonyl (C=O) groups excluding carboxylic acids is 2. The summed E-state index contributed by atoms with van der Waals surface area (Å²) in [4.78, 5) is 27.3. The van der Waals surface area contributed by atoms with Gasteiger partial charge in [-0.05, 0) is 80.7 Å². The smallest absolute Gasteiger partial charge is 0.248 e. The zero-order valence-corrected chi connectivity index (χ0v) is 20.5. The number of hydrogen-bond donors (Lipinski definition) is 3. The van der Waals surface area contributed by atoms with E-state index in [2.05, 4.69) is 15.5 Å². The number of aromatic amines is 1. The van der Waals surface area contributed by atoms with E-state index in [0.29, 0.717) is 35.9 Å². The number of benzene rings is 2. The molecular weight excluding hydrogens is 458 g/mol. The number of anilines is 1. The van der Waals surface area contributed by atoms with Crippen LogP contribution in [0.1, 0.15) is 28.8 Å². The summed E-state index contributed by atoms with van der Waals surface area (Å²) < 4.78 is 12.4. The number of fused-ring (bicyclic) bond motifs is 1. The number of nitrogens with two attached hydrogens (primary N) is 1. The normalized spacial score (nSPS) is 18.9. The molecule has 0 radical (unpaired) electrons. The van der Waals surface area contributed by atoms with Crippen molar-refractivity contribution in [3.8, 4) is 22.6 Å². The van der Waals surface area contributed by atoms with E-state index in [9.17, 15) is 9.59 Å². The molecular formula is C27H31N5O4. The number of hydrogen-bond acceptors (Lipinski definition) is 6. The summed E-state index contributed by atoms with van der Waals surface area (Å²) in [5.41, 5.74) is 9.18. The first kappa shape index (κ1) is 23.9. The number of rotatable bonds is 9. The molecule has 3 aromatic rings. The van der Waals surface area contributed by atoms with E-state index < -0.39 is 11.8 Å². The quantitative estimate of drug-likeness (QED) is 0.425. The Morgan fingerprint density at radius 1 is 1.19 bits per heavy atom. The van der Waals surface area contributed by atoms with Crippen molar-refractivity contribution in [1.29, 1.82) is 0 Å². The fourth-order valence-electron chi connectivity index (χ4n) is 4.58. The van der Waals surface area contributed by atoms with Crippen LogP contribution in [0.5, 0.6) is 11.5 Å². The predicted octanol–water partition coefficient (Wildman–Crippen LogP) is 3.08. The van der Waals surface area contributed by atoms with Gasteiger partial charge in [0.1, 0.15) is 24.2 Å². The van der Waals surface area contributed by atoms with Crippen LogP contribution in [0.25, 0.3) is 11.1 Å². The monoisotopic (exact) mass is 489 g/mol. The zero-order chi connectivity index (χ0) is 25.2. The van der Waals surface area contributed by atoms with Gasteiger partial charge in [0.25, 0.3) is 0 Å². The van der Waals surface area contributed by atoms with Crippen LogP contribution in [0.4, 0.5) is 5.69 Å². The van der Waals surface area contributed by atoms with Crippen molar-refractivity contribution in [1.82, 2.24) is 15.1 Å². The van der Waals surface area contributed by atoms with Gasteiger partial charge in [-0.15, -0.1) is 0 Å². The zero-order valence-electron chi connectivity index (χ0n) is 20.5. The van der Waals surface area contributed by atoms with E-state index in [-0.39, 0.29) is 12.0 Å². The fourth-order valence-corrected chi connectivity index (χ4v) is 4.58. The van der Waals surface area contributed by atoms with Crippen molar-refractivity contribution in [2.24, 2.45) is 17.6 Å². The maximum atomic E-state index is 13.6. The largest absolute Gasteiger partial charge is 0.490 e. The number of ether oxygens (including phenoxy) is 2. The molecule has 36 heavy (non-hydrogen) atoms. The fraction of sp³-hybridized carbons (Fsp3) is 0.370. The minimum absolute atomic E-state index is 0.129. The Kier molecular flexibility index (Phi) is 6.65. The molecule has 9 nitrogen and oxygen atoms in total. The van der Waals surface area contributed by atoms with Crippen molar-refractivity contribution in [2.75, 3.05) is 32.6 Å². The van der Waals surface area contributed by atoms with Gasteiger partial charge in [0, 0.05) is 23.9 Å². The third-order valence-corrected chi connectivity index (χ3v) is 6.73. The predicted molar refractivity (Wildman–Crippen MR) is 136 cm³/mol. The molecule has 0 spiro atoms. The Bertz CT molecular complexity index is 1250. The van der Waals surface area contributed by atoms with Crippen LogP contribution in [0.2, 0.25) is 0 Å². The van der Waals surface area contributed by atoms with Gasteiger partial charge in [0.15, 0.2) is 0 Å². The van der Waals surface area contributed by atoms with E-state index >= 15 is 0 Å². The number of H-pyrrole nitrogens is 1. The first-order chi connectivity index (χ1) is 17.4. The third-order valence-electron chi connectivity index (χ3n) is 6.73. The van der Waals surface area contributed by atoms with Crippen LogP contribution in [0.15, 0.2) is 48.8 Å². The summed E-state index contributed by atoms with van der Waals surface area (Å²) >= 11 is 0. The molecule has 2 atom stereocenters. The van der Waals surface area contributed by atoms with Gasteiger partial charge >= 0.3 is 0 Å². The second-order valence-corrected chi connectivity index (χ2v) is 9.76. The molecule has 5 rings (SSSR count). The minimum atomic E-state index is -0.500. The molecule has 0 bridgehead atoms. The molecule has 1 aliphatic carbocycles. The molecule has 2 aromatic carbocycles. The van der Waals surface area contributed by atoms with Crippen molar-refractivity contribution in [3.63, 3.8) is 0 Å². The van der Waals surface area contributed by atoms with E-state index in [1.54, 1.807) is 24.4 Å². The van der Waals surface area contributed by atoms with Crippen LogP contribution in [0, 0.1) is 11.8 Å². The van der Waals surface area contributed by atoms with Crippen LogP contribution in [-0.2, 0) is 11.2 Å². The Balaban J connectivity index is 1.40. The second kappa shape index (κ2) is 10.0. The summed E-state index contributed by atoms with van der Waals surface area (Å²) in [7, 11) is 3.97. The Morgan fingerprint density at radius 3 is 2.72 bits per heavy atom. The van der Waals surface area contributed by atoms with Crippen LogP contribution >= 0.6 is 0 Å². The number of nitrogens with one attached hydrogen (secondary N) is 2. The van der Waals surface area contributed by atoms with E-state index in [1.807, 2.05) is 43.4 Å². The highest BCUT2D eigenvalue weighted by molar-refractivity contribution is 5.96. The average molecular weight is 490 g/mol. The molecule has 1 aliphatic heterocycles. The van der Waals surface area contributed by atoms with Gasteiger partial charge in [-0.3, -0.25) is 14.7 Å². The van der Waals surface area contributed by atoms with Crippen molar-refractivity contribution in [2.45, 2.75) is 25.4 Å². The number of likely N-dealkylation sites (N-methyl/N-ethyl adjacent to an activating group) is 1. The first-order valence-electron chi connectivity index (χ1n) is 12.2. The SMILES string of the molecule is CN(C)CCOc1cc(-c2cn[nH]c2)ccc1NC(=O)C1Cc2cc(C(N)=O)ccc2OC1C1CC1. The molecule has 0 saturated heterocycles. The number of nitrogens with zero attached hydrogens (tertiary/aromatic N) is 2. The maximum Gasteiger partial charge on any atom is 0.248 e. The molecule has 1 aromatic heterocycles. The maximum absolute atomic E-state index is 13.6. The highest BCUT2D eigenvalue weighted by Gasteiger charge is 2.44. The lowest BCUT2D eigenvalue weighted by Crippen LogP contribution is -2.42. The van der Waals surface area contributed by atoms with Gasteiger partial charge in [-0.1, -0.05) is 6.07 Å². The van der Waals surface area contributed by atoms with Gasteiger partial charge in [-0.25, -0.2) is 0 Å². The molecule has 1 saturated carbocycles. The number of carbonyl (C=O) groups is 2. The van der Waals surface area contributed by atoms with Crippen molar-refractivity contribution < 1.29 is 19.1 Å². The molecule has 188 valence electrons. The highest BCUT2D eigenvalue weighted by atomic mass is 16.5. The van der Waals surface area contributed by atoms with E-state index in [0.717, 1.165) is 41.8 Å². The molecule has 2 heterocycles. The first-order valence-corrected chi connectivity index (χ1v) is 12.2.